The van der Waals surface area contributed by atoms with Gasteiger partial charge in [-0.2, -0.15) is 0 Å². The van der Waals surface area contributed by atoms with Crippen molar-refractivity contribution in [1.82, 2.24) is 9.62 Å². The zero-order valence-corrected chi connectivity index (χ0v) is 13.8. The third kappa shape index (κ3) is 4.41. The molecule has 0 radical (unpaired) electrons. The number of hydrogen-bond acceptors (Lipinski definition) is 4. The third-order valence-electron chi connectivity index (χ3n) is 3.70. The lowest BCUT2D eigenvalue weighted by Gasteiger charge is -2.24. The summed E-state index contributed by atoms with van der Waals surface area (Å²) in [6.07, 6.45) is 1.77. The predicted molar refractivity (Wildman–Crippen MR) is 86.9 cm³/mol. The molecule has 1 atom stereocenters. The minimum Gasteiger partial charge on any atom is -0.326 e. The molecule has 0 saturated carbocycles. The number of aryl methyl sites for hydroxylation is 1. The molecule has 1 aromatic carbocycles. The predicted octanol–water partition coefficient (Wildman–Crippen LogP) is 1.12. The van der Waals surface area contributed by atoms with Gasteiger partial charge in [0.15, 0.2) is 0 Å². The molecular weight excluding hydrogens is 316 g/mol. The highest BCUT2D eigenvalue weighted by Gasteiger charge is 2.37. The third-order valence-corrected chi connectivity index (χ3v) is 4.88. The van der Waals surface area contributed by atoms with Crippen molar-refractivity contribution in [2.45, 2.75) is 32.4 Å². The van der Waals surface area contributed by atoms with Gasteiger partial charge in [0.1, 0.15) is 6.04 Å². The van der Waals surface area contributed by atoms with E-state index < -0.39 is 22.0 Å². The maximum atomic E-state index is 12.2. The van der Waals surface area contributed by atoms with Gasteiger partial charge in [-0.1, -0.05) is 35.9 Å². The topological polar surface area (TPSA) is 83.5 Å². The van der Waals surface area contributed by atoms with Crippen molar-refractivity contribution in [1.29, 1.82) is 0 Å². The van der Waals surface area contributed by atoms with Crippen molar-refractivity contribution in [3.05, 3.63) is 48.0 Å². The lowest BCUT2D eigenvalue weighted by molar-refractivity contribution is -0.135. The minimum absolute atomic E-state index is 0.146. The van der Waals surface area contributed by atoms with Gasteiger partial charge in [0.25, 0.3) is 5.91 Å². The molecule has 1 unspecified atom stereocenters. The molecule has 2 amide bonds. The van der Waals surface area contributed by atoms with Gasteiger partial charge in [0, 0.05) is 13.0 Å². The molecule has 1 fully saturated rings. The van der Waals surface area contributed by atoms with Crippen molar-refractivity contribution >= 4 is 21.8 Å². The highest BCUT2D eigenvalue weighted by molar-refractivity contribution is 7.90. The van der Waals surface area contributed by atoms with Crippen molar-refractivity contribution in [2.75, 3.05) is 5.75 Å². The van der Waals surface area contributed by atoms with E-state index >= 15 is 0 Å². The van der Waals surface area contributed by atoms with E-state index in [1.165, 1.54) is 11.0 Å². The van der Waals surface area contributed by atoms with Crippen LogP contribution in [0.3, 0.4) is 0 Å². The molecule has 0 aromatic heterocycles. The first-order chi connectivity index (χ1) is 10.8. The Hall–Kier alpha value is -2.15. The van der Waals surface area contributed by atoms with E-state index in [-0.39, 0.29) is 18.1 Å². The number of benzene rings is 1. The van der Waals surface area contributed by atoms with Crippen LogP contribution in [-0.4, -0.2) is 36.9 Å². The molecule has 1 aromatic rings. The number of carbonyl (C=O) groups excluding carboxylic acids is 2. The summed E-state index contributed by atoms with van der Waals surface area (Å²) in [7, 11) is -3.74. The van der Waals surface area contributed by atoms with Crippen molar-refractivity contribution in [2.24, 2.45) is 0 Å². The average Bonchev–Trinajstić information content (AvgIpc) is 2.82. The first-order valence-electron chi connectivity index (χ1n) is 7.32. The van der Waals surface area contributed by atoms with Crippen LogP contribution in [0.2, 0.25) is 0 Å². The fraction of sp³-hybridized carbons (Fsp3) is 0.375. The number of amides is 2. The Morgan fingerprint density at radius 2 is 2.04 bits per heavy atom. The van der Waals surface area contributed by atoms with Crippen LogP contribution in [0, 0.1) is 6.92 Å². The summed E-state index contributed by atoms with van der Waals surface area (Å²) in [6.45, 7) is 5.60. The van der Waals surface area contributed by atoms with Gasteiger partial charge in [-0.15, -0.1) is 6.58 Å². The van der Waals surface area contributed by atoms with Crippen LogP contribution in [0.4, 0.5) is 0 Å². The van der Waals surface area contributed by atoms with E-state index in [1.54, 1.807) is 0 Å². The molecule has 0 bridgehead atoms. The molecule has 124 valence electrons. The molecule has 1 heterocycles. The Bertz CT molecular complexity index is 710. The molecule has 1 aliphatic rings. The standard InChI is InChI=1S/C16H20N2O4S/c1-3-10-23(21,22)17-16(20)14-8-9-15(19)18(14)11-13-6-4-12(2)5-7-13/h3-7,14H,1,8-11H2,2H3,(H,17,20). The molecule has 1 N–H and O–H groups in total. The van der Waals surface area contributed by atoms with Gasteiger partial charge in [-0.3, -0.25) is 14.3 Å². The maximum Gasteiger partial charge on any atom is 0.256 e. The quantitative estimate of drug-likeness (QED) is 0.789. The lowest BCUT2D eigenvalue weighted by Crippen LogP contribution is -2.46. The van der Waals surface area contributed by atoms with Crippen molar-refractivity contribution in [3.8, 4) is 0 Å². The second kappa shape index (κ2) is 6.95. The maximum absolute atomic E-state index is 12.2. The van der Waals surface area contributed by atoms with E-state index in [2.05, 4.69) is 6.58 Å². The highest BCUT2D eigenvalue weighted by Crippen LogP contribution is 2.22. The van der Waals surface area contributed by atoms with Crippen molar-refractivity contribution in [3.63, 3.8) is 0 Å². The molecule has 7 heteroatoms. The number of rotatable bonds is 6. The molecule has 1 aliphatic heterocycles. The van der Waals surface area contributed by atoms with Crippen LogP contribution in [0.25, 0.3) is 0 Å². The SMILES string of the molecule is C=CCS(=O)(=O)NC(=O)C1CCC(=O)N1Cc1ccc(C)cc1. The number of likely N-dealkylation sites (tertiary alicyclic amines) is 1. The van der Waals surface area contributed by atoms with E-state index in [9.17, 15) is 18.0 Å². The van der Waals surface area contributed by atoms with Gasteiger partial charge >= 0.3 is 0 Å². The Morgan fingerprint density at radius 3 is 2.65 bits per heavy atom. The van der Waals surface area contributed by atoms with E-state index in [0.29, 0.717) is 13.0 Å². The van der Waals surface area contributed by atoms with Crippen LogP contribution in [-0.2, 0) is 26.2 Å². The molecule has 0 spiro atoms. The van der Waals surface area contributed by atoms with Gasteiger partial charge in [0.05, 0.1) is 5.75 Å². The normalized spacial score (nSPS) is 18.0. The molecule has 6 nitrogen and oxygen atoms in total. The fourth-order valence-electron chi connectivity index (χ4n) is 2.51. The monoisotopic (exact) mass is 336 g/mol. The summed E-state index contributed by atoms with van der Waals surface area (Å²) >= 11 is 0. The summed E-state index contributed by atoms with van der Waals surface area (Å²) in [5.74, 6) is -1.14. The Morgan fingerprint density at radius 1 is 1.39 bits per heavy atom. The van der Waals surface area contributed by atoms with Crippen LogP contribution in [0.1, 0.15) is 24.0 Å². The Balaban J connectivity index is 2.11. The second-order valence-corrected chi connectivity index (χ2v) is 7.37. The van der Waals surface area contributed by atoms with Gasteiger partial charge in [0.2, 0.25) is 15.9 Å². The Kier molecular flexibility index (Phi) is 5.20. The summed E-state index contributed by atoms with van der Waals surface area (Å²) < 4.78 is 25.4. The van der Waals surface area contributed by atoms with E-state index in [0.717, 1.165) is 11.1 Å². The van der Waals surface area contributed by atoms with E-state index in [4.69, 9.17) is 0 Å². The summed E-state index contributed by atoms with van der Waals surface area (Å²) in [5.41, 5.74) is 2.00. The van der Waals surface area contributed by atoms with Crippen LogP contribution in [0.15, 0.2) is 36.9 Å². The van der Waals surface area contributed by atoms with Gasteiger partial charge in [-0.25, -0.2) is 8.42 Å². The number of nitrogens with one attached hydrogen (secondary N) is 1. The minimum atomic E-state index is -3.74. The zero-order chi connectivity index (χ0) is 17.0. The largest absolute Gasteiger partial charge is 0.326 e. The molecule has 0 aliphatic carbocycles. The van der Waals surface area contributed by atoms with Crippen LogP contribution < -0.4 is 4.72 Å². The summed E-state index contributed by atoms with van der Waals surface area (Å²) in [5, 5.41) is 0. The smallest absolute Gasteiger partial charge is 0.256 e. The number of nitrogens with zero attached hydrogens (tertiary/aromatic N) is 1. The number of carbonyl (C=O) groups is 2. The first-order valence-corrected chi connectivity index (χ1v) is 8.98. The lowest BCUT2D eigenvalue weighted by atomic mass is 10.1. The van der Waals surface area contributed by atoms with Gasteiger partial charge < -0.3 is 4.90 Å². The average molecular weight is 336 g/mol. The first kappa shape index (κ1) is 17.2. The van der Waals surface area contributed by atoms with Crippen molar-refractivity contribution < 1.29 is 18.0 Å². The van der Waals surface area contributed by atoms with Gasteiger partial charge in [-0.05, 0) is 18.9 Å². The molecular formula is C16H20N2O4S. The summed E-state index contributed by atoms with van der Waals surface area (Å²) in [6, 6.07) is 6.89. The fourth-order valence-corrected chi connectivity index (χ4v) is 3.35. The van der Waals surface area contributed by atoms with Crippen LogP contribution in [0.5, 0.6) is 0 Å². The summed E-state index contributed by atoms with van der Waals surface area (Å²) in [4.78, 5) is 25.7. The van der Waals surface area contributed by atoms with Crippen LogP contribution >= 0.6 is 0 Å². The number of sulfonamides is 1. The van der Waals surface area contributed by atoms with E-state index in [1.807, 2.05) is 35.9 Å². The molecule has 2 rings (SSSR count). The number of hydrogen-bond donors (Lipinski definition) is 1. The molecule has 23 heavy (non-hydrogen) atoms. The molecule has 1 saturated heterocycles. The zero-order valence-electron chi connectivity index (χ0n) is 13.0. The second-order valence-electron chi connectivity index (χ2n) is 5.60. The highest BCUT2D eigenvalue weighted by atomic mass is 32.2. The Labute approximate surface area is 136 Å².